The smallest absolute Gasteiger partial charge is 0.263 e. The van der Waals surface area contributed by atoms with Crippen LogP contribution in [-0.4, -0.2) is 22.0 Å². The topological polar surface area (TPSA) is 39.9 Å². The molecule has 0 bridgehead atoms. The Morgan fingerprint density at radius 2 is 1.70 bits per heavy atom. The summed E-state index contributed by atoms with van der Waals surface area (Å²) in [5.74, 6) is 0. The molecule has 27 heavy (non-hydrogen) atoms. The van der Waals surface area contributed by atoms with Gasteiger partial charge in [0.05, 0.1) is 11.1 Å². The summed E-state index contributed by atoms with van der Waals surface area (Å²) in [6.07, 6.45) is -6.02. The summed E-state index contributed by atoms with van der Waals surface area (Å²) in [5.41, 5.74) is -0.663. The average molecular weight is 407 g/mol. The Balaban J connectivity index is 0.000000377. The normalized spacial score (nSPS) is 12.7. The number of rotatable bonds is 3. The van der Waals surface area contributed by atoms with E-state index >= 15 is 0 Å². The molecule has 1 atom stereocenters. The van der Waals surface area contributed by atoms with Gasteiger partial charge in [-0.1, -0.05) is 31.9 Å². The number of nitriles is 1. The van der Waals surface area contributed by atoms with Crippen LogP contribution in [0.1, 0.15) is 29.7 Å². The van der Waals surface area contributed by atoms with E-state index in [1.807, 2.05) is 6.07 Å². The van der Waals surface area contributed by atoms with E-state index in [1.165, 1.54) is 13.1 Å². The van der Waals surface area contributed by atoms with E-state index < -0.39 is 24.0 Å². The molecule has 0 fully saturated rings. The number of aromatic nitrogens is 1. The Morgan fingerprint density at radius 1 is 1.11 bits per heavy atom. The lowest BCUT2D eigenvalue weighted by molar-refractivity contribution is -0.171. The molecule has 1 unspecified atom stereocenters. The van der Waals surface area contributed by atoms with Gasteiger partial charge in [-0.25, -0.2) is 4.31 Å². The first-order valence-electron chi connectivity index (χ1n) is 7.50. The Morgan fingerprint density at radius 3 is 2.04 bits per heavy atom. The van der Waals surface area contributed by atoms with Gasteiger partial charge >= 0.3 is 12.4 Å². The first-order valence-corrected chi connectivity index (χ1v) is 7.90. The van der Waals surface area contributed by atoms with Crippen LogP contribution in [0, 0.1) is 11.3 Å². The van der Waals surface area contributed by atoms with E-state index in [1.54, 1.807) is 18.3 Å². The van der Waals surface area contributed by atoms with Crippen molar-refractivity contribution in [3.63, 3.8) is 0 Å². The van der Waals surface area contributed by atoms with Crippen LogP contribution in [0.3, 0.4) is 0 Å². The SMILES string of the molecule is CCN(S)C(c1ccc(C(F)(F)F)cc1)C(F)(F)F.N#Cc1cccnc1. The minimum atomic E-state index is -4.61. The molecule has 2 aromatic rings. The summed E-state index contributed by atoms with van der Waals surface area (Å²) in [4.78, 5) is 3.73. The molecule has 146 valence electrons. The molecule has 0 amide bonds. The van der Waals surface area contributed by atoms with Crippen LogP contribution in [0.2, 0.25) is 0 Å². The van der Waals surface area contributed by atoms with Crippen molar-refractivity contribution in [2.45, 2.75) is 25.3 Å². The van der Waals surface area contributed by atoms with Gasteiger partial charge in [-0.05, 0) is 29.8 Å². The molecule has 0 N–H and O–H groups in total. The number of benzene rings is 1. The van der Waals surface area contributed by atoms with Crippen LogP contribution in [0.5, 0.6) is 0 Å². The summed E-state index contributed by atoms with van der Waals surface area (Å²) in [6, 6.07) is 6.27. The molecule has 2 rings (SSSR count). The van der Waals surface area contributed by atoms with E-state index in [9.17, 15) is 26.3 Å². The molecule has 0 spiro atoms. The summed E-state index contributed by atoms with van der Waals surface area (Å²) in [7, 11) is 0. The van der Waals surface area contributed by atoms with Crippen LogP contribution in [0.25, 0.3) is 0 Å². The van der Waals surface area contributed by atoms with Gasteiger partial charge in [-0.3, -0.25) is 4.98 Å². The first-order chi connectivity index (χ1) is 12.5. The van der Waals surface area contributed by atoms with Crippen molar-refractivity contribution in [2.24, 2.45) is 0 Å². The number of alkyl halides is 6. The molecule has 0 saturated carbocycles. The molecular weight excluding hydrogens is 392 g/mol. The third-order valence-electron chi connectivity index (χ3n) is 3.28. The van der Waals surface area contributed by atoms with Crippen LogP contribution in [-0.2, 0) is 6.18 Å². The van der Waals surface area contributed by atoms with Gasteiger partial charge in [-0.2, -0.15) is 31.6 Å². The number of thiol groups is 1. The van der Waals surface area contributed by atoms with Gasteiger partial charge in [0.2, 0.25) is 0 Å². The number of halogens is 6. The Labute approximate surface area is 157 Å². The van der Waals surface area contributed by atoms with Crippen molar-refractivity contribution in [2.75, 3.05) is 6.54 Å². The summed E-state index contributed by atoms with van der Waals surface area (Å²) >= 11 is 3.70. The van der Waals surface area contributed by atoms with E-state index in [4.69, 9.17) is 5.26 Å². The van der Waals surface area contributed by atoms with Crippen molar-refractivity contribution in [1.82, 2.24) is 9.29 Å². The van der Waals surface area contributed by atoms with Crippen LogP contribution in [0.15, 0.2) is 48.8 Å². The lowest BCUT2D eigenvalue weighted by atomic mass is 10.0. The second kappa shape index (κ2) is 9.62. The number of pyridine rings is 1. The minimum absolute atomic E-state index is 0.00564. The van der Waals surface area contributed by atoms with E-state index in [-0.39, 0.29) is 12.1 Å². The van der Waals surface area contributed by atoms with Crippen molar-refractivity contribution in [3.05, 3.63) is 65.5 Å². The molecule has 0 radical (unpaired) electrons. The molecule has 0 saturated heterocycles. The monoisotopic (exact) mass is 407 g/mol. The molecule has 1 aromatic heterocycles. The van der Waals surface area contributed by atoms with Crippen molar-refractivity contribution in [3.8, 4) is 6.07 Å². The first kappa shape index (κ1) is 22.8. The molecule has 0 aliphatic rings. The highest BCUT2D eigenvalue weighted by molar-refractivity contribution is 7.77. The summed E-state index contributed by atoms with van der Waals surface area (Å²) in [6.45, 7) is 1.46. The lowest BCUT2D eigenvalue weighted by Crippen LogP contribution is -2.32. The number of hydrogen-bond donors (Lipinski definition) is 1. The largest absolute Gasteiger partial charge is 0.416 e. The van der Waals surface area contributed by atoms with Gasteiger partial charge in [0.1, 0.15) is 12.1 Å². The number of nitrogens with zero attached hydrogens (tertiary/aromatic N) is 3. The fourth-order valence-corrected chi connectivity index (χ4v) is 2.26. The zero-order valence-corrected chi connectivity index (χ0v) is 14.9. The van der Waals surface area contributed by atoms with Crippen LogP contribution >= 0.6 is 12.8 Å². The fraction of sp³-hybridized carbons (Fsp3) is 0.294. The van der Waals surface area contributed by atoms with Gasteiger partial charge in [0.25, 0.3) is 0 Å². The zero-order chi connectivity index (χ0) is 20.7. The third-order valence-corrected chi connectivity index (χ3v) is 3.79. The second-order valence-electron chi connectivity index (χ2n) is 5.17. The van der Waals surface area contributed by atoms with E-state index in [0.717, 1.165) is 16.4 Å². The van der Waals surface area contributed by atoms with Crippen molar-refractivity contribution < 1.29 is 26.3 Å². The summed E-state index contributed by atoms with van der Waals surface area (Å²) in [5, 5.41) is 8.25. The predicted octanol–water partition coefficient (Wildman–Crippen LogP) is 5.43. The quantitative estimate of drug-likeness (QED) is 0.545. The highest BCUT2D eigenvalue weighted by Gasteiger charge is 2.43. The van der Waals surface area contributed by atoms with Gasteiger partial charge in [-0.15, -0.1) is 0 Å². The molecule has 1 heterocycles. The standard InChI is InChI=1S/C11H11F6NS.C6H4N2/c1-2-18(19)9(11(15,16)17)7-3-5-8(6-4-7)10(12,13)14;7-4-6-2-1-3-8-5-6/h3-6,9,19H,2H2,1H3;1-3,5H. The summed E-state index contributed by atoms with van der Waals surface area (Å²) < 4.78 is 76.3. The fourth-order valence-electron chi connectivity index (χ4n) is 2.00. The maximum Gasteiger partial charge on any atom is 0.416 e. The maximum atomic E-state index is 12.9. The third kappa shape index (κ3) is 7.11. The van der Waals surface area contributed by atoms with Crippen molar-refractivity contribution >= 4 is 12.8 Å². The number of hydrogen-bond acceptors (Lipinski definition) is 4. The van der Waals surface area contributed by atoms with Gasteiger partial charge < -0.3 is 0 Å². The Bertz CT molecular complexity index is 738. The minimum Gasteiger partial charge on any atom is -0.263 e. The lowest BCUT2D eigenvalue weighted by Gasteiger charge is -2.28. The van der Waals surface area contributed by atoms with Gasteiger partial charge in [0, 0.05) is 18.9 Å². The van der Waals surface area contributed by atoms with Gasteiger partial charge in [0.15, 0.2) is 0 Å². The average Bonchev–Trinajstić information content (AvgIpc) is 2.61. The molecule has 0 aliphatic carbocycles. The Kier molecular flexibility index (Phi) is 8.12. The highest BCUT2D eigenvalue weighted by atomic mass is 32.1. The van der Waals surface area contributed by atoms with Crippen LogP contribution < -0.4 is 0 Å². The molecule has 3 nitrogen and oxygen atoms in total. The molecule has 1 aromatic carbocycles. The molecule has 0 aliphatic heterocycles. The molecular formula is C17H15F6N3S. The van der Waals surface area contributed by atoms with E-state index in [0.29, 0.717) is 17.7 Å². The maximum absolute atomic E-state index is 12.9. The second-order valence-corrected chi connectivity index (χ2v) is 5.69. The van der Waals surface area contributed by atoms with Crippen LogP contribution in [0.4, 0.5) is 26.3 Å². The predicted molar refractivity (Wildman–Crippen MR) is 90.6 cm³/mol. The van der Waals surface area contributed by atoms with Crippen molar-refractivity contribution in [1.29, 1.82) is 5.26 Å². The highest BCUT2D eigenvalue weighted by Crippen LogP contribution is 2.39. The van der Waals surface area contributed by atoms with E-state index in [2.05, 4.69) is 17.8 Å². The molecule has 10 heteroatoms. The zero-order valence-electron chi connectivity index (χ0n) is 14.0. The Hall–Kier alpha value is -2.25.